The summed E-state index contributed by atoms with van der Waals surface area (Å²) in [5.74, 6) is 2.35. The van der Waals surface area contributed by atoms with Crippen molar-refractivity contribution in [3.8, 4) is 17.2 Å². The Hall–Kier alpha value is -2.07. The minimum absolute atomic E-state index is 0.751. The molecule has 0 aliphatic carbocycles. The van der Waals surface area contributed by atoms with E-state index in [1.54, 1.807) is 13.3 Å². The zero-order chi connectivity index (χ0) is 14.2. The molecule has 106 valence electrons. The molecule has 0 aliphatic heterocycles. The highest BCUT2D eigenvalue weighted by atomic mass is 16.5. The molecular weight excluding hydrogens is 252 g/mol. The second kappa shape index (κ2) is 7.50. The molecule has 0 fully saturated rings. The van der Waals surface area contributed by atoms with Crippen LogP contribution in [0.4, 0.5) is 0 Å². The molecule has 0 atom stereocenters. The van der Waals surface area contributed by atoms with Crippen LogP contribution in [0, 0.1) is 0 Å². The summed E-state index contributed by atoms with van der Waals surface area (Å²) in [5, 5.41) is 3.36. The van der Waals surface area contributed by atoms with Crippen molar-refractivity contribution in [2.24, 2.45) is 0 Å². The fourth-order valence-electron chi connectivity index (χ4n) is 1.84. The fraction of sp³-hybridized carbons (Fsp3) is 0.312. The number of hydrogen-bond acceptors (Lipinski definition) is 4. The Morgan fingerprint density at radius 1 is 1.20 bits per heavy atom. The van der Waals surface area contributed by atoms with Crippen molar-refractivity contribution < 1.29 is 9.47 Å². The fourth-order valence-corrected chi connectivity index (χ4v) is 1.84. The van der Waals surface area contributed by atoms with Gasteiger partial charge in [-0.05, 0) is 31.2 Å². The van der Waals surface area contributed by atoms with Gasteiger partial charge in [0.2, 0.25) is 0 Å². The number of ether oxygens (including phenoxy) is 2. The molecule has 1 aromatic carbocycles. The second-order valence-electron chi connectivity index (χ2n) is 4.44. The summed E-state index contributed by atoms with van der Waals surface area (Å²) in [6.45, 7) is 3.87. The van der Waals surface area contributed by atoms with E-state index in [4.69, 9.17) is 9.47 Å². The maximum absolute atomic E-state index is 5.92. The molecular formula is C16H20N2O2. The number of nitrogens with zero attached hydrogens (tertiary/aromatic N) is 1. The minimum atomic E-state index is 0.751. The van der Waals surface area contributed by atoms with Crippen LogP contribution in [0.15, 0.2) is 42.7 Å². The topological polar surface area (TPSA) is 43.4 Å². The van der Waals surface area contributed by atoms with Gasteiger partial charge in [0, 0.05) is 30.6 Å². The number of rotatable bonds is 7. The number of benzene rings is 1. The van der Waals surface area contributed by atoms with Crippen LogP contribution in [0.1, 0.15) is 18.9 Å². The van der Waals surface area contributed by atoms with E-state index >= 15 is 0 Å². The lowest BCUT2D eigenvalue weighted by molar-refractivity contribution is 0.408. The average molecular weight is 272 g/mol. The van der Waals surface area contributed by atoms with E-state index in [2.05, 4.69) is 17.2 Å². The van der Waals surface area contributed by atoms with Crippen LogP contribution in [0.3, 0.4) is 0 Å². The van der Waals surface area contributed by atoms with Crippen LogP contribution in [0.5, 0.6) is 17.2 Å². The number of hydrogen-bond donors (Lipinski definition) is 1. The largest absolute Gasteiger partial charge is 0.497 e. The number of aromatic nitrogens is 1. The first-order chi connectivity index (χ1) is 9.83. The third kappa shape index (κ3) is 3.96. The summed E-state index contributed by atoms with van der Waals surface area (Å²) in [6, 6.07) is 9.45. The van der Waals surface area contributed by atoms with Crippen molar-refractivity contribution >= 4 is 0 Å². The van der Waals surface area contributed by atoms with Crippen LogP contribution < -0.4 is 14.8 Å². The second-order valence-corrected chi connectivity index (χ2v) is 4.44. The molecule has 0 amide bonds. The molecule has 1 aromatic heterocycles. The highest BCUT2D eigenvalue weighted by molar-refractivity contribution is 5.39. The SMILES string of the molecule is CCCNCc1cnccc1Oc1cccc(OC)c1. The standard InChI is InChI=1S/C16H20N2O2/c1-3-8-17-11-13-12-18-9-7-16(13)20-15-6-4-5-14(10-15)19-2/h4-7,9-10,12,17H,3,8,11H2,1-2H3. The summed E-state index contributed by atoms with van der Waals surface area (Å²) in [7, 11) is 1.64. The Bertz CT molecular complexity index is 544. The van der Waals surface area contributed by atoms with Crippen molar-refractivity contribution in [3.63, 3.8) is 0 Å². The lowest BCUT2D eigenvalue weighted by Crippen LogP contribution is -2.14. The quantitative estimate of drug-likeness (QED) is 0.785. The Morgan fingerprint density at radius 2 is 2.05 bits per heavy atom. The van der Waals surface area contributed by atoms with Gasteiger partial charge < -0.3 is 14.8 Å². The van der Waals surface area contributed by atoms with Crippen molar-refractivity contribution in [2.75, 3.05) is 13.7 Å². The molecule has 0 saturated carbocycles. The first-order valence-corrected chi connectivity index (χ1v) is 6.79. The molecule has 4 heteroatoms. The Morgan fingerprint density at radius 3 is 2.85 bits per heavy atom. The molecule has 1 N–H and O–H groups in total. The third-order valence-electron chi connectivity index (χ3n) is 2.87. The molecule has 2 aromatic rings. The maximum Gasteiger partial charge on any atom is 0.134 e. The predicted octanol–water partition coefficient (Wildman–Crippen LogP) is 3.38. The normalized spacial score (nSPS) is 10.3. The van der Waals surface area contributed by atoms with E-state index in [1.165, 1.54) is 0 Å². The highest BCUT2D eigenvalue weighted by Gasteiger charge is 2.05. The van der Waals surface area contributed by atoms with Crippen LogP contribution in [-0.2, 0) is 6.54 Å². The van der Waals surface area contributed by atoms with Crippen molar-refractivity contribution in [3.05, 3.63) is 48.3 Å². The first-order valence-electron chi connectivity index (χ1n) is 6.79. The van der Waals surface area contributed by atoms with Crippen molar-refractivity contribution in [2.45, 2.75) is 19.9 Å². The Balaban J connectivity index is 2.11. The van der Waals surface area contributed by atoms with E-state index in [0.717, 1.165) is 42.3 Å². The van der Waals surface area contributed by atoms with Crippen molar-refractivity contribution in [1.82, 2.24) is 10.3 Å². The van der Waals surface area contributed by atoms with Gasteiger partial charge in [0.05, 0.1) is 7.11 Å². The zero-order valence-corrected chi connectivity index (χ0v) is 11.9. The summed E-state index contributed by atoms with van der Waals surface area (Å²) < 4.78 is 11.1. The molecule has 0 bridgehead atoms. The van der Waals surface area contributed by atoms with Crippen LogP contribution >= 0.6 is 0 Å². The van der Waals surface area contributed by atoms with Gasteiger partial charge in [0.25, 0.3) is 0 Å². The lowest BCUT2D eigenvalue weighted by Gasteiger charge is -2.11. The van der Waals surface area contributed by atoms with E-state index in [9.17, 15) is 0 Å². The Labute approximate surface area is 119 Å². The minimum Gasteiger partial charge on any atom is -0.497 e. The van der Waals surface area contributed by atoms with Gasteiger partial charge in [-0.15, -0.1) is 0 Å². The van der Waals surface area contributed by atoms with E-state index in [-0.39, 0.29) is 0 Å². The number of pyridine rings is 1. The third-order valence-corrected chi connectivity index (χ3v) is 2.87. The average Bonchev–Trinajstić information content (AvgIpc) is 2.49. The van der Waals surface area contributed by atoms with Gasteiger partial charge in [-0.1, -0.05) is 13.0 Å². The first kappa shape index (κ1) is 14.3. The summed E-state index contributed by atoms with van der Waals surface area (Å²) >= 11 is 0. The monoisotopic (exact) mass is 272 g/mol. The van der Waals surface area contributed by atoms with Crippen LogP contribution in [0.25, 0.3) is 0 Å². The molecule has 0 saturated heterocycles. The molecule has 0 unspecified atom stereocenters. The molecule has 20 heavy (non-hydrogen) atoms. The Kier molecular flexibility index (Phi) is 5.38. The van der Waals surface area contributed by atoms with Gasteiger partial charge >= 0.3 is 0 Å². The van der Waals surface area contributed by atoms with Crippen LogP contribution in [0.2, 0.25) is 0 Å². The summed E-state index contributed by atoms with van der Waals surface area (Å²) in [6.07, 6.45) is 4.67. The highest BCUT2D eigenvalue weighted by Crippen LogP contribution is 2.27. The van der Waals surface area contributed by atoms with Crippen molar-refractivity contribution in [1.29, 1.82) is 0 Å². The van der Waals surface area contributed by atoms with Gasteiger partial charge in [-0.25, -0.2) is 0 Å². The number of nitrogens with one attached hydrogen (secondary N) is 1. The molecule has 4 nitrogen and oxygen atoms in total. The molecule has 1 heterocycles. The van der Waals surface area contributed by atoms with Gasteiger partial charge in [0.1, 0.15) is 17.2 Å². The van der Waals surface area contributed by atoms with E-state index in [1.807, 2.05) is 36.5 Å². The maximum atomic E-state index is 5.92. The zero-order valence-electron chi connectivity index (χ0n) is 11.9. The van der Waals surface area contributed by atoms with Gasteiger partial charge in [0.15, 0.2) is 0 Å². The molecule has 0 radical (unpaired) electrons. The molecule has 2 rings (SSSR count). The van der Waals surface area contributed by atoms with Gasteiger partial charge in [-0.3, -0.25) is 4.98 Å². The van der Waals surface area contributed by atoms with E-state index in [0.29, 0.717) is 0 Å². The summed E-state index contributed by atoms with van der Waals surface area (Å²) in [4.78, 5) is 4.15. The van der Waals surface area contributed by atoms with Crippen LogP contribution in [-0.4, -0.2) is 18.6 Å². The predicted molar refractivity (Wildman–Crippen MR) is 79.3 cm³/mol. The van der Waals surface area contributed by atoms with Gasteiger partial charge in [-0.2, -0.15) is 0 Å². The summed E-state index contributed by atoms with van der Waals surface area (Å²) in [5.41, 5.74) is 1.05. The smallest absolute Gasteiger partial charge is 0.134 e. The molecule has 0 aliphatic rings. The molecule has 0 spiro atoms. The van der Waals surface area contributed by atoms with E-state index < -0.39 is 0 Å². The number of methoxy groups -OCH3 is 1. The lowest BCUT2D eigenvalue weighted by atomic mass is 10.2.